The molecule has 2 amide bonds. The Bertz CT molecular complexity index is 871. The van der Waals surface area contributed by atoms with Crippen LogP contribution in [0.5, 0.6) is 5.75 Å². The molecule has 0 aliphatic carbocycles. The van der Waals surface area contributed by atoms with Crippen molar-refractivity contribution in [2.75, 3.05) is 32.2 Å². The van der Waals surface area contributed by atoms with Gasteiger partial charge in [0.15, 0.2) is 0 Å². The average molecular weight is 396 g/mol. The van der Waals surface area contributed by atoms with Crippen LogP contribution in [0.15, 0.2) is 42.5 Å². The Hall–Kier alpha value is -2.86. The van der Waals surface area contributed by atoms with Gasteiger partial charge >= 0.3 is 11.8 Å². The van der Waals surface area contributed by atoms with Gasteiger partial charge in [-0.15, -0.1) is 0 Å². The summed E-state index contributed by atoms with van der Waals surface area (Å²) >= 11 is 0. The maximum atomic E-state index is 12.5. The molecule has 2 aromatic rings. The summed E-state index contributed by atoms with van der Waals surface area (Å²) in [4.78, 5) is 24.9. The van der Waals surface area contributed by atoms with Crippen molar-refractivity contribution in [3.8, 4) is 5.75 Å². The van der Waals surface area contributed by atoms with Crippen LogP contribution in [0.3, 0.4) is 0 Å². The number of amides is 2. The van der Waals surface area contributed by atoms with Crippen molar-refractivity contribution in [3.05, 3.63) is 59.2 Å². The van der Waals surface area contributed by atoms with Gasteiger partial charge in [-0.3, -0.25) is 9.59 Å². The molecule has 1 saturated heterocycles. The van der Waals surface area contributed by atoms with Crippen molar-refractivity contribution in [1.82, 2.24) is 5.32 Å². The zero-order chi connectivity index (χ0) is 20.9. The smallest absolute Gasteiger partial charge is 0.313 e. The van der Waals surface area contributed by atoms with Gasteiger partial charge in [0.2, 0.25) is 0 Å². The quantitative estimate of drug-likeness (QED) is 0.762. The number of carbonyl (C=O) groups is 2. The summed E-state index contributed by atoms with van der Waals surface area (Å²) in [5.41, 5.74) is 3.51. The zero-order valence-electron chi connectivity index (χ0n) is 17.2. The number of anilines is 1. The third kappa shape index (κ3) is 4.77. The molecule has 6 nitrogen and oxygen atoms in total. The van der Waals surface area contributed by atoms with Crippen molar-refractivity contribution in [2.45, 2.75) is 32.1 Å². The number of hydrogen-bond donors (Lipinski definition) is 2. The van der Waals surface area contributed by atoms with E-state index in [2.05, 4.69) is 10.6 Å². The molecule has 2 aromatic carbocycles. The Morgan fingerprint density at radius 2 is 1.72 bits per heavy atom. The summed E-state index contributed by atoms with van der Waals surface area (Å²) in [6.45, 7) is 5.51. The van der Waals surface area contributed by atoms with E-state index in [4.69, 9.17) is 9.47 Å². The highest BCUT2D eigenvalue weighted by Crippen LogP contribution is 2.35. The van der Waals surface area contributed by atoms with Crippen molar-refractivity contribution in [2.24, 2.45) is 0 Å². The Labute approximate surface area is 171 Å². The molecule has 0 saturated carbocycles. The molecule has 0 radical (unpaired) electrons. The summed E-state index contributed by atoms with van der Waals surface area (Å²) in [6, 6.07) is 13.5. The van der Waals surface area contributed by atoms with E-state index in [1.165, 1.54) is 0 Å². The molecule has 0 atom stereocenters. The van der Waals surface area contributed by atoms with Crippen molar-refractivity contribution >= 4 is 17.5 Å². The highest BCUT2D eigenvalue weighted by atomic mass is 16.5. The van der Waals surface area contributed by atoms with Crippen LogP contribution in [0.25, 0.3) is 0 Å². The van der Waals surface area contributed by atoms with E-state index in [-0.39, 0.29) is 5.41 Å². The van der Waals surface area contributed by atoms with Gasteiger partial charge in [-0.05, 0) is 61.6 Å². The predicted octanol–water partition coefficient (Wildman–Crippen LogP) is 3.12. The molecule has 0 spiro atoms. The molecule has 0 unspecified atom stereocenters. The van der Waals surface area contributed by atoms with Gasteiger partial charge in [0.1, 0.15) is 5.75 Å². The van der Waals surface area contributed by atoms with Crippen molar-refractivity contribution < 1.29 is 19.1 Å². The lowest BCUT2D eigenvalue weighted by Gasteiger charge is -2.38. The molecule has 154 valence electrons. The molecular formula is C23H28N2O4. The first-order chi connectivity index (χ1) is 13.9. The van der Waals surface area contributed by atoms with Crippen LogP contribution in [0, 0.1) is 13.8 Å². The lowest BCUT2D eigenvalue weighted by Crippen LogP contribution is -2.47. The molecule has 29 heavy (non-hydrogen) atoms. The molecule has 1 fully saturated rings. The predicted molar refractivity (Wildman–Crippen MR) is 112 cm³/mol. The lowest BCUT2D eigenvalue weighted by molar-refractivity contribution is -0.136. The lowest BCUT2D eigenvalue weighted by atomic mass is 9.74. The van der Waals surface area contributed by atoms with Gasteiger partial charge in [-0.25, -0.2) is 0 Å². The number of nitrogens with one attached hydrogen (secondary N) is 2. The Balaban J connectivity index is 1.69. The molecule has 2 N–H and O–H groups in total. The fourth-order valence-corrected chi connectivity index (χ4v) is 3.67. The summed E-state index contributed by atoms with van der Waals surface area (Å²) in [7, 11) is 1.63. The third-order valence-electron chi connectivity index (χ3n) is 5.80. The second-order valence-corrected chi connectivity index (χ2v) is 7.51. The number of methoxy groups -OCH3 is 1. The second-order valence-electron chi connectivity index (χ2n) is 7.51. The topological polar surface area (TPSA) is 76.7 Å². The minimum Gasteiger partial charge on any atom is -0.497 e. The van der Waals surface area contributed by atoms with Crippen LogP contribution >= 0.6 is 0 Å². The molecule has 1 aliphatic heterocycles. The van der Waals surface area contributed by atoms with Gasteiger partial charge in [-0.2, -0.15) is 0 Å². The number of hydrogen-bond acceptors (Lipinski definition) is 4. The summed E-state index contributed by atoms with van der Waals surface area (Å²) in [5.74, 6) is -0.506. The summed E-state index contributed by atoms with van der Waals surface area (Å²) in [6.07, 6.45) is 1.55. The number of benzene rings is 2. The van der Waals surface area contributed by atoms with Gasteiger partial charge in [0, 0.05) is 30.9 Å². The summed E-state index contributed by atoms with van der Waals surface area (Å²) in [5, 5.41) is 5.55. The van der Waals surface area contributed by atoms with Crippen LogP contribution in [-0.4, -0.2) is 38.7 Å². The van der Waals surface area contributed by atoms with Crippen LogP contribution in [0.2, 0.25) is 0 Å². The van der Waals surface area contributed by atoms with Gasteiger partial charge in [-0.1, -0.05) is 24.3 Å². The largest absolute Gasteiger partial charge is 0.497 e. The van der Waals surface area contributed by atoms with Crippen molar-refractivity contribution in [1.29, 1.82) is 0 Å². The van der Waals surface area contributed by atoms with E-state index in [9.17, 15) is 9.59 Å². The minimum atomic E-state index is -0.657. The first-order valence-corrected chi connectivity index (χ1v) is 9.83. The zero-order valence-corrected chi connectivity index (χ0v) is 17.2. The first-order valence-electron chi connectivity index (χ1n) is 9.83. The molecule has 0 bridgehead atoms. The molecular weight excluding hydrogens is 368 g/mol. The molecule has 1 heterocycles. The van der Waals surface area contributed by atoms with Gasteiger partial charge < -0.3 is 20.1 Å². The van der Waals surface area contributed by atoms with Crippen LogP contribution in [0.1, 0.15) is 29.5 Å². The molecule has 1 aliphatic rings. The maximum Gasteiger partial charge on any atom is 0.313 e. The number of aryl methyl sites for hydroxylation is 1. The highest BCUT2D eigenvalue weighted by molar-refractivity contribution is 6.39. The van der Waals surface area contributed by atoms with Crippen LogP contribution < -0.4 is 15.4 Å². The molecule has 0 aromatic heterocycles. The normalized spacial score (nSPS) is 15.4. The van der Waals surface area contributed by atoms with Crippen molar-refractivity contribution in [3.63, 3.8) is 0 Å². The van der Waals surface area contributed by atoms with Crippen LogP contribution in [-0.2, 0) is 19.7 Å². The Kier molecular flexibility index (Phi) is 6.54. The van der Waals surface area contributed by atoms with E-state index in [0.717, 1.165) is 35.3 Å². The van der Waals surface area contributed by atoms with E-state index >= 15 is 0 Å². The van der Waals surface area contributed by atoms with E-state index in [0.29, 0.717) is 25.4 Å². The van der Waals surface area contributed by atoms with E-state index in [1.54, 1.807) is 13.2 Å². The van der Waals surface area contributed by atoms with Gasteiger partial charge in [0.25, 0.3) is 0 Å². The minimum absolute atomic E-state index is 0.264. The maximum absolute atomic E-state index is 12.5. The Morgan fingerprint density at radius 3 is 2.38 bits per heavy atom. The van der Waals surface area contributed by atoms with Crippen LogP contribution in [0.4, 0.5) is 5.69 Å². The van der Waals surface area contributed by atoms with E-state index < -0.39 is 11.8 Å². The monoisotopic (exact) mass is 396 g/mol. The van der Waals surface area contributed by atoms with Gasteiger partial charge in [0.05, 0.1) is 7.11 Å². The fourth-order valence-electron chi connectivity index (χ4n) is 3.67. The molecule has 6 heteroatoms. The standard InChI is InChI=1S/C23H28N2O4/c1-16-5-4-6-20(17(16)2)25-22(27)21(26)24-15-23(11-13-29-14-12-23)18-7-9-19(28-3)10-8-18/h4-10H,11-15H2,1-3H3,(H,24,26)(H,25,27). The number of rotatable bonds is 5. The second kappa shape index (κ2) is 9.09. The number of carbonyl (C=O) groups excluding carboxylic acids is 2. The average Bonchev–Trinajstić information content (AvgIpc) is 2.76. The van der Waals surface area contributed by atoms with E-state index in [1.807, 2.05) is 50.2 Å². The molecule has 3 rings (SSSR count). The first kappa shape index (κ1) is 20.9. The Morgan fingerprint density at radius 1 is 1.03 bits per heavy atom. The fraction of sp³-hybridized carbons (Fsp3) is 0.391. The summed E-state index contributed by atoms with van der Waals surface area (Å²) < 4.78 is 10.8. The third-order valence-corrected chi connectivity index (χ3v) is 5.80. The number of ether oxygens (including phenoxy) is 2. The highest BCUT2D eigenvalue weighted by Gasteiger charge is 2.35. The SMILES string of the molecule is COc1ccc(C2(CNC(=O)C(=O)Nc3cccc(C)c3C)CCOCC2)cc1.